The van der Waals surface area contributed by atoms with Crippen molar-refractivity contribution in [3.63, 3.8) is 0 Å². The first-order chi connectivity index (χ1) is 13.1. The monoisotopic (exact) mass is 382 g/mol. The third kappa shape index (κ3) is 3.51. The number of carbonyl (C=O) groups excluding carboxylic acids is 1. The summed E-state index contributed by atoms with van der Waals surface area (Å²) in [6.07, 6.45) is 3.46. The average Bonchev–Trinajstić information content (AvgIpc) is 2.90. The van der Waals surface area contributed by atoms with E-state index in [-0.39, 0.29) is 10.6 Å². The molecule has 0 saturated heterocycles. The van der Waals surface area contributed by atoms with E-state index >= 15 is 0 Å². The van der Waals surface area contributed by atoms with Crippen LogP contribution in [-0.2, 0) is 6.54 Å². The third-order valence-electron chi connectivity index (χ3n) is 4.52. The van der Waals surface area contributed by atoms with Crippen molar-refractivity contribution in [2.75, 3.05) is 13.2 Å². The summed E-state index contributed by atoms with van der Waals surface area (Å²) >= 11 is 6.07. The van der Waals surface area contributed by atoms with Gasteiger partial charge < -0.3 is 9.64 Å². The topological polar surface area (TPSA) is 42.4 Å². The Hall–Kier alpha value is -2.92. The number of carbonyl (C=O) groups is 1. The number of halogens is 2. The first-order valence-corrected chi connectivity index (χ1v) is 8.90. The van der Waals surface area contributed by atoms with Crippen LogP contribution < -0.4 is 4.74 Å². The van der Waals surface area contributed by atoms with Crippen LogP contribution in [0.4, 0.5) is 4.39 Å². The number of nitrogens with zero attached hydrogens (tertiary/aromatic N) is 2. The largest absolute Gasteiger partial charge is 0.491 e. The molecule has 2 aromatic carbocycles. The van der Waals surface area contributed by atoms with Crippen LogP contribution in [0, 0.1) is 5.82 Å². The first-order valence-electron chi connectivity index (χ1n) is 8.53. The van der Waals surface area contributed by atoms with Crippen LogP contribution in [0.2, 0.25) is 5.02 Å². The summed E-state index contributed by atoms with van der Waals surface area (Å²) in [6.45, 7) is 1.000. The molecule has 0 bridgehead atoms. The van der Waals surface area contributed by atoms with E-state index in [0.717, 1.165) is 22.4 Å². The Morgan fingerprint density at radius 1 is 1.11 bits per heavy atom. The van der Waals surface area contributed by atoms with Crippen molar-refractivity contribution in [1.29, 1.82) is 0 Å². The summed E-state index contributed by atoms with van der Waals surface area (Å²) in [6, 6.07) is 13.9. The number of benzene rings is 2. The van der Waals surface area contributed by atoms with Gasteiger partial charge in [-0.2, -0.15) is 0 Å². The number of hydrogen-bond acceptors (Lipinski definition) is 3. The van der Waals surface area contributed by atoms with Gasteiger partial charge in [-0.05, 0) is 47.5 Å². The molecule has 6 heteroatoms. The summed E-state index contributed by atoms with van der Waals surface area (Å²) in [5.74, 6) is -0.338. The predicted octanol–water partition coefficient (Wildman–Crippen LogP) is 4.58. The summed E-state index contributed by atoms with van der Waals surface area (Å²) in [4.78, 5) is 18.5. The zero-order chi connectivity index (χ0) is 18.8. The van der Waals surface area contributed by atoms with Crippen molar-refractivity contribution in [3.05, 3.63) is 82.9 Å². The van der Waals surface area contributed by atoms with E-state index in [0.29, 0.717) is 19.7 Å². The average molecular weight is 383 g/mol. The van der Waals surface area contributed by atoms with Gasteiger partial charge in [-0.3, -0.25) is 9.78 Å². The van der Waals surface area contributed by atoms with Crippen molar-refractivity contribution in [3.8, 4) is 16.9 Å². The molecule has 0 fully saturated rings. The lowest BCUT2D eigenvalue weighted by molar-refractivity contribution is 0.0728. The minimum absolute atomic E-state index is 0.104. The van der Waals surface area contributed by atoms with Crippen LogP contribution in [0.1, 0.15) is 15.9 Å². The highest BCUT2D eigenvalue weighted by atomic mass is 35.5. The number of hydrogen-bond donors (Lipinski definition) is 0. The molecule has 0 unspecified atom stereocenters. The normalized spacial score (nSPS) is 13.5. The van der Waals surface area contributed by atoms with Crippen LogP contribution in [0.15, 0.2) is 60.9 Å². The smallest absolute Gasteiger partial charge is 0.258 e. The third-order valence-corrected chi connectivity index (χ3v) is 4.83. The fourth-order valence-electron chi connectivity index (χ4n) is 3.15. The van der Waals surface area contributed by atoms with E-state index in [9.17, 15) is 9.18 Å². The van der Waals surface area contributed by atoms with E-state index in [4.69, 9.17) is 16.3 Å². The van der Waals surface area contributed by atoms with Crippen LogP contribution in [0.25, 0.3) is 11.1 Å². The highest BCUT2D eigenvalue weighted by molar-refractivity contribution is 6.33. The van der Waals surface area contributed by atoms with Crippen LogP contribution in [0.3, 0.4) is 0 Å². The number of rotatable bonds is 2. The Kier molecular flexibility index (Phi) is 4.77. The number of ether oxygens (including phenoxy) is 1. The Morgan fingerprint density at radius 2 is 1.93 bits per heavy atom. The molecule has 0 saturated carbocycles. The summed E-state index contributed by atoms with van der Waals surface area (Å²) in [7, 11) is 0. The van der Waals surface area contributed by atoms with Gasteiger partial charge in [0.2, 0.25) is 0 Å². The van der Waals surface area contributed by atoms with Crippen LogP contribution in [0.5, 0.6) is 5.75 Å². The molecule has 0 radical (unpaired) electrons. The lowest BCUT2D eigenvalue weighted by Crippen LogP contribution is -2.33. The molecule has 0 spiro atoms. The molecule has 4 rings (SSSR count). The highest BCUT2D eigenvalue weighted by Crippen LogP contribution is 2.30. The zero-order valence-corrected chi connectivity index (χ0v) is 15.1. The van der Waals surface area contributed by atoms with E-state index in [1.54, 1.807) is 17.3 Å². The number of fused-ring (bicyclic) bond motifs is 1. The van der Waals surface area contributed by atoms with Crippen molar-refractivity contribution < 1.29 is 13.9 Å². The fraction of sp³-hybridized carbons (Fsp3) is 0.143. The molecule has 136 valence electrons. The second-order valence-electron chi connectivity index (χ2n) is 6.23. The van der Waals surface area contributed by atoms with E-state index in [1.807, 2.05) is 30.3 Å². The zero-order valence-electron chi connectivity index (χ0n) is 14.4. The summed E-state index contributed by atoms with van der Waals surface area (Å²) in [5.41, 5.74) is 2.78. The first kappa shape index (κ1) is 17.5. The van der Waals surface area contributed by atoms with Gasteiger partial charge in [-0.25, -0.2) is 4.39 Å². The van der Waals surface area contributed by atoms with Crippen LogP contribution >= 0.6 is 11.6 Å². The molecule has 3 aromatic rings. The lowest BCUT2D eigenvalue weighted by atomic mass is 10.0. The summed E-state index contributed by atoms with van der Waals surface area (Å²) in [5, 5.41) is 0.107. The molecular weight excluding hydrogens is 367 g/mol. The maximum atomic E-state index is 14.2. The van der Waals surface area contributed by atoms with E-state index < -0.39 is 11.7 Å². The van der Waals surface area contributed by atoms with Crippen molar-refractivity contribution in [2.45, 2.75) is 6.54 Å². The van der Waals surface area contributed by atoms with E-state index in [1.165, 1.54) is 18.2 Å². The van der Waals surface area contributed by atoms with Gasteiger partial charge in [-0.15, -0.1) is 0 Å². The van der Waals surface area contributed by atoms with Gasteiger partial charge in [0.05, 0.1) is 17.1 Å². The van der Waals surface area contributed by atoms with Gasteiger partial charge in [-0.1, -0.05) is 23.7 Å². The number of pyridine rings is 1. The molecule has 0 atom stereocenters. The van der Waals surface area contributed by atoms with Gasteiger partial charge in [0.15, 0.2) is 0 Å². The minimum atomic E-state index is -0.622. The predicted molar refractivity (Wildman–Crippen MR) is 101 cm³/mol. The molecule has 27 heavy (non-hydrogen) atoms. The van der Waals surface area contributed by atoms with Crippen LogP contribution in [-0.4, -0.2) is 28.9 Å². The Labute approximate surface area is 161 Å². The fourth-order valence-corrected chi connectivity index (χ4v) is 3.40. The standard InChI is InChI=1S/C21H16ClFN2O2/c22-17-2-1-3-18(23)20(17)21(26)25-10-11-27-19-5-4-15(12-16(19)13-25)14-6-8-24-9-7-14/h1-9,12H,10-11,13H2. The highest BCUT2D eigenvalue weighted by Gasteiger charge is 2.25. The van der Waals surface area contributed by atoms with Crippen molar-refractivity contribution in [1.82, 2.24) is 9.88 Å². The Balaban J connectivity index is 1.67. The van der Waals surface area contributed by atoms with Crippen molar-refractivity contribution in [2.24, 2.45) is 0 Å². The molecule has 1 aliphatic heterocycles. The lowest BCUT2D eigenvalue weighted by Gasteiger charge is -2.21. The molecule has 1 aliphatic rings. The maximum absolute atomic E-state index is 14.2. The molecule has 0 aliphatic carbocycles. The SMILES string of the molecule is O=C(c1c(F)cccc1Cl)N1CCOc2ccc(-c3ccncc3)cc2C1. The van der Waals surface area contributed by atoms with Gasteiger partial charge >= 0.3 is 0 Å². The Bertz CT molecular complexity index is 974. The van der Waals surface area contributed by atoms with Crippen molar-refractivity contribution >= 4 is 17.5 Å². The quantitative estimate of drug-likeness (QED) is 0.651. The van der Waals surface area contributed by atoms with Gasteiger partial charge in [0, 0.05) is 24.5 Å². The number of amides is 1. The second kappa shape index (κ2) is 7.37. The van der Waals surface area contributed by atoms with Gasteiger partial charge in [0.25, 0.3) is 5.91 Å². The molecule has 0 N–H and O–H groups in total. The molecule has 2 heterocycles. The Morgan fingerprint density at radius 3 is 2.70 bits per heavy atom. The second-order valence-corrected chi connectivity index (χ2v) is 6.64. The molecular formula is C21H16ClFN2O2. The minimum Gasteiger partial charge on any atom is -0.491 e. The summed E-state index contributed by atoms with van der Waals surface area (Å²) < 4.78 is 20.0. The molecule has 1 amide bonds. The van der Waals surface area contributed by atoms with Gasteiger partial charge in [0.1, 0.15) is 18.2 Å². The maximum Gasteiger partial charge on any atom is 0.258 e. The van der Waals surface area contributed by atoms with E-state index in [2.05, 4.69) is 4.98 Å². The number of aromatic nitrogens is 1. The molecule has 4 nitrogen and oxygen atoms in total. The molecule has 1 aromatic heterocycles.